The Bertz CT molecular complexity index is 3440. The molecule has 24 N–H and O–H groups in total. The van der Waals surface area contributed by atoms with Gasteiger partial charge in [0.1, 0.15) is 54.1 Å². The highest BCUT2D eigenvalue weighted by atomic mass is 79.9. The second-order valence-corrected chi connectivity index (χ2v) is 28.1. The zero-order valence-electron chi connectivity index (χ0n) is 57.5. The number of carboxylic acid groups (broad SMARTS) is 2. The number of anilines is 1. The van der Waals surface area contributed by atoms with Crippen molar-refractivity contribution in [1.29, 1.82) is 0 Å². The lowest BCUT2D eigenvalue weighted by Gasteiger charge is -2.28. The summed E-state index contributed by atoms with van der Waals surface area (Å²) in [5, 5.41) is 76.0. The van der Waals surface area contributed by atoms with Crippen molar-refractivity contribution in [3.8, 4) is 5.75 Å². The molecule has 1 aliphatic heterocycles. The minimum atomic E-state index is -2.03. The average molecular weight is 1610 g/mol. The summed E-state index contributed by atoms with van der Waals surface area (Å²) >= 11 is 7.82. The van der Waals surface area contributed by atoms with Gasteiger partial charge in [0.15, 0.2) is 5.96 Å². The minimum Gasteiger partial charge on any atom is -0.508 e. The van der Waals surface area contributed by atoms with Crippen molar-refractivity contribution in [2.24, 2.45) is 33.8 Å². The first-order valence-electron chi connectivity index (χ1n) is 33.3. The molecule has 2 aromatic rings. The molecule has 1 heterocycles. The standard InChI is InChI=1S/C64H93Br2N17O20S/c1-31(2)20-42(56(95)73-28-51(90)75-46(63(102)103)30-104-47-25-52(91)83(62(47)101)19-5-7-49(88)82-54-34(22-35(65)23-39(54)66)27-72-36-10-14-38(86)15-11-36)78-57(96)40(6-4-18-71-64(69)70)76-58(97)41(16-17-48(68)87)77-59(98)43(21-33-8-12-37(85)13-9-33)79-60(99)44(24-53(92)93)80-61(100)45(29-84)81-55(94)32(3)74-50(89)26-67/h8-9,12-13,22-23,31-32,36,38,40-47,72,84-86H,4-7,10-11,14-21,24-30,67H2,1-3H3,(H2,68,87)(H,73,95)(H,74,89)(H,75,90)(H,76,97)(H,77,98)(H,78,96)(H,79,99)(H,80,100)(H,81,94)(H,82,88)(H,92,93)(H,102,103)(H4,69,70,71). The van der Waals surface area contributed by atoms with Crippen LogP contribution in [-0.2, 0) is 84.9 Å². The van der Waals surface area contributed by atoms with E-state index in [4.69, 9.17) is 22.9 Å². The number of carboxylic acids is 2. The number of guanidine groups is 1. The SMILES string of the molecule is CC(C)CC(NC(=O)C(CCCN=C(N)N)NC(=O)C(CCC(N)=O)NC(=O)C(Cc1ccc(O)cc1)NC(=O)C(CC(=O)O)NC(=O)C(CO)NC(=O)C(C)NC(=O)CN)C(=O)NCC(=O)NC(CSC1CC(=O)N(CCCC(=O)Nc2c(Br)cc(Br)cc2CNC2CCC(O)CC2)C1=O)C(=O)O. The molecule has 0 radical (unpaired) electrons. The van der Waals surface area contributed by atoms with Gasteiger partial charge in [0.2, 0.25) is 76.8 Å². The van der Waals surface area contributed by atoms with Crippen LogP contribution in [0.2, 0.25) is 0 Å². The van der Waals surface area contributed by atoms with Crippen LogP contribution < -0.4 is 81.4 Å². The first-order chi connectivity index (χ1) is 49.1. The highest BCUT2D eigenvalue weighted by molar-refractivity contribution is 9.11. The number of rotatable bonds is 44. The zero-order valence-corrected chi connectivity index (χ0v) is 61.5. The summed E-state index contributed by atoms with van der Waals surface area (Å²) in [5.74, 6) is -16.6. The maximum Gasteiger partial charge on any atom is 0.327 e. The number of amides is 13. The number of aliphatic imine (C=N–C) groups is 1. The van der Waals surface area contributed by atoms with Crippen molar-refractivity contribution in [3.63, 3.8) is 0 Å². The fourth-order valence-corrected chi connectivity index (χ4v) is 13.3. The zero-order chi connectivity index (χ0) is 77.5. The van der Waals surface area contributed by atoms with Crippen LogP contribution in [0.5, 0.6) is 5.75 Å². The number of benzene rings is 2. The highest BCUT2D eigenvalue weighted by Crippen LogP contribution is 2.32. The molecule has 9 atom stereocenters. The van der Waals surface area contributed by atoms with Crippen LogP contribution in [-0.4, -0.2) is 229 Å². The maximum atomic E-state index is 14.4. The predicted octanol–water partition coefficient (Wildman–Crippen LogP) is -3.98. The van der Waals surface area contributed by atoms with E-state index in [2.05, 4.69) is 95.3 Å². The van der Waals surface area contributed by atoms with E-state index in [-0.39, 0.29) is 92.9 Å². The fraction of sp³-hybridized carbons (Fsp3) is 0.562. The quantitative estimate of drug-likeness (QED) is 0.0130. The van der Waals surface area contributed by atoms with Gasteiger partial charge in [-0.15, -0.1) is 11.8 Å². The van der Waals surface area contributed by atoms with E-state index >= 15 is 0 Å². The molecule has 40 heteroatoms. The molecule has 0 bridgehead atoms. The van der Waals surface area contributed by atoms with Crippen molar-refractivity contribution in [2.45, 2.75) is 183 Å². The number of nitrogens with one attached hydrogen (secondary N) is 11. The number of carbonyl (C=O) groups excluding carboxylic acids is 13. The van der Waals surface area contributed by atoms with Crippen LogP contribution in [0.25, 0.3) is 0 Å². The van der Waals surface area contributed by atoms with Gasteiger partial charge in [-0.1, -0.05) is 41.9 Å². The lowest BCUT2D eigenvalue weighted by atomic mass is 9.93. The average Bonchev–Trinajstić information content (AvgIpc) is 1.19. The third kappa shape index (κ3) is 30.7. The molecule has 1 saturated heterocycles. The van der Waals surface area contributed by atoms with E-state index in [1.807, 2.05) is 6.07 Å². The molecule has 0 spiro atoms. The molecule has 104 heavy (non-hydrogen) atoms. The number of likely N-dealkylation sites (tertiary alicyclic amines) is 1. The molecule has 1 aliphatic carbocycles. The molecule has 1 saturated carbocycles. The first-order valence-corrected chi connectivity index (χ1v) is 35.9. The summed E-state index contributed by atoms with van der Waals surface area (Å²) in [6.45, 7) is 2.39. The first kappa shape index (κ1) is 87.3. The molecule has 37 nitrogen and oxygen atoms in total. The van der Waals surface area contributed by atoms with Crippen molar-refractivity contribution in [2.75, 3.05) is 43.9 Å². The Labute approximate surface area is 619 Å². The third-order valence-electron chi connectivity index (χ3n) is 16.2. The Hall–Kier alpha value is -9.09. The van der Waals surface area contributed by atoms with Crippen molar-refractivity contribution < 1.29 is 97.5 Å². The molecular weight excluding hydrogens is 1520 g/mol. The molecule has 13 amide bonds. The molecular formula is C64H93Br2N17O20S. The second kappa shape index (κ2) is 43.9. The summed E-state index contributed by atoms with van der Waals surface area (Å²) in [6, 6.07) is -4.44. The van der Waals surface area contributed by atoms with Gasteiger partial charge in [0.25, 0.3) is 0 Å². The molecule has 9 unspecified atom stereocenters. The number of hydrogen-bond donors (Lipinski definition) is 20. The van der Waals surface area contributed by atoms with Crippen LogP contribution in [0.4, 0.5) is 5.69 Å². The smallest absolute Gasteiger partial charge is 0.327 e. The number of thioether (sulfide) groups is 1. The number of aromatic hydroxyl groups is 1. The van der Waals surface area contributed by atoms with Crippen molar-refractivity contribution >= 4 is 144 Å². The number of aliphatic hydroxyl groups is 2. The van der Waals surface area contributed by atoms with Gasteiger partial charge in [-0.25, -0.2) is 4.79 Å². The van der Waals surface area contributed by atoms with E-state index in [1.54, 1.807) is 19.9 Å². The van der Waals surface area contributed by atoms with Crippen LogP contribution in [0.1, 0.15) is 115 Å². The van der Waals surface area contributed by atoms with Crippen molar-refractivity contribution in [1.82, 2.24) is 58.1 Å². The Morgan fingerprint density at radius 1 is 0.673 bits per heavy atom. The number of nitrogens with two attached hydrogens (primary N) is 4. The van der Waals surface area contributed by atoms with Crippen LogP contribution in [0, 0.1) is 5.92 Å². The van der Waals surface area contributed by atoms with Gasteiger partial charge in [-0.05, 0) is 122 Å². The highest BCUT2D eigenvalue weighted by Gasteiger charge is 2.40. The number of phenols is 1. The lowest BCUT2D eigenvalue weighted by molar-refractivity contribution is -0.142. The minimum absolute atomic E-state index is 0.0174. The molecule has 0 aromatic heterocycles. The Balaban J connectivity index is 1.44. The molecule has 574 valence electrons. The molecule has 2 fully saturated rings. The number of primary amides is 1. The number of aliphatic hydroxyl groups excluding tert-OH is 2. The molecule has 2 aliphatic rings. The summed E-state index contributed by atoms with van der Waals surface area (Å²) < 4.78 is 1.39. The fourth-order valence-electron chi connectivity index (χ4n) is 10.7. The summed E-state index contributed by atoms with van der Waals surface area (Å²) in [4.78, 5) is 204. The number of nitrogens with zero attached hydrogens (tertiary/aromatic N) is 2. The second-order valence-electron chi connectivity index (χ2n) is 25.1. The normalized spacial score (nSPS) is 17.2. The number of halogens is 2. The van der Waals surface area contributed by atoms with Gasteiger partial charge < -0.3 is 107 Å². The monoisotopic (exact) mass is 1610 g/mol. The van der Waals surface area contributed by atoms with Gasteiger partial charge in [-0.2, -0.15) is 0 Å². The number of phenolic OH excluding ortho intramolecular Hbond substituents is 1. The van der Waals surface area contributed by atoms with E-state index in [1.165, 1.54) is 31.2 Å². The summed E-state index contributed by atoms with van der Waals surface area (Å²) in [7, 11) is 0. The number of aliphatic carboxylic acids is 2. The lowest BCUT2D eigenvalue weighted by Crippen LogP contribution is -2.61. The van der Waals surface area contributed by atoms with Gasteiger partial charge >= 0.3 is 11.9 Å². The molecule has 2 aromatic carbocycles. The summed E-state index contributed by atoms with van der Waals surface area (Å²) in [5.41, 5.74) is 23.3. The van der Waals surface area contributed by atoms with E-state index in [9.17, 15) is 97.5 Å². The largest absolute Gasteiger partial charge is 0.508 e. The van der Waals surface area contributed by atoms with E-state index in [0.29, 0.717) is 29.5 Å². The number of imide groups is 1. The van der Waals surface area contributed by atoms with E-state index in [0.717, 1.165) is 39.5 Å². The summed E-state index contributed by atoms with van der Waals surface area (Å²) in [6.07, 6.45) is -0.699. The number of hydrogen-bond acceptors (Lipinski definition) is 22. The Morgan fingerprint density at radius 3 is 1.86 bits per heavy atom. The van der Waals surface area contributed by atoms with Gasteiger partial charge in [0.05, 0.1) is 43.2 Å². The van der Waals surface area contributed by atoms with Crippen LogP contribution in [0.3, 0.4) is 0 Å². The Morgan fingerprint density at radius 2 is 1.26 bits per heavy atom. The topological polar surface area (TPSA) is 609 Å². The van der Waals surface area contributed by atoms with Crippen LogP contribution >= 0.6 is 43.6 Å². The van der Waals surface area contributed by atoms with E-state index < -0.39 is 188 Å². The van der Waals surface area contributed by atoms with Gasteiger partial charge in [-0.3, -0.25) is 77.0 Å². The Kier molecular flexibility index (Phi) is 36.8. The maximum absolute atomic E-state index is 14.4. The number of carbonyl (C=O) groups is 15. The molecule has 4 rings (SSSR count). The van der Waals surface area contributed by atoms with Gasteiger partial charge in [0, 0.05) is 66.1 Å². The van der Waals surface area contributed by atoms with Crippen molar-refractivity contribution in [3.05, 3.63) is 56.5 Å². The third-order valence-corrected chi connectivity index (χ3v) is 18.6. The van der Waals surface area contributed by atoms with Crippen LogP contribution in [0.15, 0.2) is 50.3 Å². The predicted molar refractivity (Wildman–Crippen MR) is 382 cm³/mol.